The molecule has 0 aliphatic rings. The molecular weight excluding hydrogens is 255 g/mol. The molecule has 0 saturated heterocycles. The van der Waals surface area contributed by atoms with E-state index in [1.807, 2.05) is 0 Å². The largest absolute Gasteiger partial charge is 0.393 e. The van der Waals surface area contributed by atoms with Crippen molar-refractivity contribution in [2.45, 2.75) is 116 Å². The van der Waals surface area contributed by atoms with Crippen LogP contribution in [0.15, 0.2) is 0 Å². The molecule has 0 amide bonds. The summed E-state index contributed by atoms with van der Waals surface area (Å²) in [5.41, 5.74) is 0. The van der Waals surface area contributed by atoms with Gasteiger partial charge in [-0.15, -0.1) is 0 Å². The third-order valence-electron chi connectivity index (χ3n) is 4.03. The quantitative estimate of drug-likeness (QED) is 0.296. The Hall–Kier alpha value is 0.960. The van der Waals surface area contributed by atoms with E-state index in [0.717, 1.165) is 12.8 Å². The Morgan fingerprint density at radius 3 is 1.20 bits per heavy atom. The van der Waals surface area contributed by atoms with Crippen molar-refractivity contribution in [2.24, 2.45) is 0 Å². The molecule has 0 saturated carbocycles. The molecular formula is C18H38NaO. The van der Waals surface area contributed by atoms with Crippen LogP contribution in [0.2, 0.25) is 0 Å². The number of unbranched alkanes of at least 4 members (excludes halogenated alkanes) is 11. The Bertz CT molecular complexity index is 161. The minimum Gasteiger partial charge on any atom is -0.393 e. The van der Waals surface area contributed by atoms with Gasteiger partial charge in [-0.25, -0.2) is 0 Å². The van der Waals surface area contributed by atoms with Crippen LogP contribution >= 0.6 is 0 Å². The van der Waals surface area contributed by atoms with Crippen LogP contribution in [0.1, 0.15) is 110 Å². The van der Waals surface area contributed by atoms with Gasteiger partial charge in [0.05, 0.1) is 6.10 Å². The van der Waals surface area contributed by atoms with Gasteiger partial charge in [-0.3, -0.25) is 0 Å². The van der Waals surface area contributed by atoms with Gasteiger partial charge in [0.25, 0.3) is 0 Å². The van der Waals surface area contributed by atoms with E-state index in [9.17, 15) is 5.11 Å². The summed E-state index contributed by atoms with van der Waals surface area (Å²) in [7, 11) is 0. The standard InChI is InChI=1S/C18H38O.Na/c1-3-5-7-9-11-13-15-17-18(19)16-14-12-10-8-6-4-2;/h18-19H,3-17H2,1-2H3;. The second-order valence-electron chi connectivity index (χ2n) is 6.12. The molecule has 1 nitrogen and oxygen atoms in total. The summed E-state index contributed by atoms with van der Waals surface area (Å²) < 4.78 is 0. The maximum absolute atomic E-state index is 9.89. The molecule has 0 aromatic rings. The van der Waals surface area contributed by atoms with Gasteiger partial charge in [-0.05, 0) is 12.8 Å². The zero-order valence-electron chi connectivity index (χ0n) is 14.6. The predicted molar refractivity (Wildman–Crippen MR) is 92.4 cm³/mol. The second kappa shape index (κ2) is 20.0. The van der Waals surface area contributed by atoms with E-state index in [4.69, 9.17) is 0 Å². The zero-order chi connectivity index (χ0) is 14.2. The van der Waals surface area contributed by atoms with E-state index in [1.54, 1.807) is 0 Å². The van der Waals surface area contributed by atoms with Crippen molar-refractivity contribution in [1.29, 1.82) is 0 Å². The first-order valence-electron chi connectivity index (χ1n) is 8.99. The fourth-order valence-electron chi connectivity index (χ4n) is 2.64. The Morgan fingerprint density at radius 2 is 0.850 bits per heavy atom. The minimum atomic E-state index is -0.0261. The summed E-state index contributed by atoms with van der Waals surface area (Å²) in [6.45, 7) is 4.52. The predicted octanol–water partition coefficient (Wildman–Crippen LogP) is 5.86. The Balaban J connectivity index is 0. The molecule has 1 unspecified atom stereocenters. The molecule has 0 fully saturated rings. The van der Waals surface area contributed by atoms with E-state index in [0.29, 0.717) is 0 Å². The van der Waals surface area contributed by atoms with Crippen LogP contribution in [0, 0.1) is 0 Å². The fourth-order valence-corrected chi connectivity index (χ4v) is 2.64. The maximum atomic E-state index is 9.89. The molecule has 0 aliphatic heterocycles. The smallest absolute Gasteiger partial charge is 0.0540 e. The molecule has 1 N–H and O–H groups in total. The van der Waals surface area contributed by atoms with Crippen LogP contribution < -0.4 is 0 Å². The molecule has 2 heteroatoms. The van der Waals surface area contributed by atoms with Crippen LogP contribution in [0.4, 0.5) is 0 Å². The Kier molecular flexibility index (Phi) is 23.2. The van der Waals surface area contributed by atoms with Gasteiger partial charge < -0.3 is 5.11 Å². The van der Waals surface area contributed by atoms with Crippen molar-refractivity contribution in [3.05, 3.63) is 0 Å². The third-order valence-corrected chi connectivity index (χ3v) is 4.03. The summed E-state index contributed by atoms with van der Waals surface area (Å²) in [4.78, 5) is 0. The monoisotopic (exact) mass is 293 g/mol. The van der Waals surface area contributed by atoms with Crippen LogP contribution in [-0.2, 0) is 0 Å². The van der Waals surface area contributed by atoms with Crippen molar-refractivity contribution in [3.63, 3.8) is 0 Å². The summed E-state index contributed by atoms with van der Waals surface area (Å²) in [5.74, 6) is 0. The van der Waals surface area contributed by atoms with Crippen molar-refractivity contribution in [3.8, 4) is 0 Å². The van der Waals surface area contributed by atoms with Gasteiger partial charge in [-0.1, -0.05) is 97.3 Å². The zero-order valence-corrected chi connectivity index (χ0v) is 16.6. The molecule has 117 valence electrons. The minimum absolute atomic E-state index is 0. The van der Waals surface area contributed by atoms with E-state index in [2.05, 4.69) is 13.8 Å². The summed E-state index contributed by atoms with van der Waals surface area (Å²) in [5, 5.41) is 9.89. The van der Waals surface area contributed by atoms with E-state index < -0.39 is 0 Å². The summed E-state index contributed by atoms with van der Waals surface area (Å²) in [6.07, 6.45) is 19.4. The Labute approximate surface area is 150 Å². The Morgan fingerprint density at radius 1 is 0.550 bits per heavy atom. The normalized spacial score (nSPS) is 12.2. The second-order valence-corrected chi connectivity index (χ2v) is 6.12. The van der Waals surface area contributed by atoms with E-state index >= 15 is 0 Å². The van der Waals surface area contributed by atoms with Crippen molar-refractivity contribution >= 4 is 29.6 Å². The molecule has 0 rings (SSSR count). The molecule has 0 bridgehead atoms. The van der Waals surface area contributed by atoms with Crippen LogP contribution in [0.25, 0.3) is 0 Å². The fraction of sp³-hybridized carbons (Fsp3) is 1.00. The average Bonchev–Trinajstić information content (AvgIpc) is 2.41. The van der Waals surface area contributed by atoms with Crippen molar-refractivity contribution < 1.29 is 5.11 Å². The van der Waals surface area contributed by atoms with Gasteiger partial charge in [-0.2, -0.15) is 0 Å². The number of hydrogen-bond acceptors (Lipinski definition) is 1. The third kappa shape index (κ3) is 19.0. The number of aliphatic hydroxyl groups is 1. The first-order chi connectivity index (χ1) is 9.31. The molecule has 20 heavy (non-hydrogen) atoms. The van der Waals surface area contributed by atoms with Crippen LogP contribution in [0.5, 0.6) is 0 Å². The number of aliphatic hydroxyl groups excluding tert-OH is 1. The SMILES string of the molecule is CCCCCCCCCC(O)CCCCCCCC.[Na]. The van der Waals surface area contributed by atoms with Gasteiger partial charge in [0.15, 0.2) is 0 Å². The van der Waals surface area contributed by atoms with Gasteiger partial charge >= 0.3 is 0 Å². The van der Waals surface area contributed by atoms with Gasteiger partial charge in [0.1, 0.15) is 0 Å². The molecule has 1 radical (unpaired) electrons. The van der Waals surface area contributed by atoms with Gasteiger partial charge in [0.2, 0.25) is 0 Å². The first-order valence-corrected chi connectivity index (χ1v) is 8.99. The van der Waals surface area contributed by atoms with Crippen molar-refractivity contribution in [1.82, 2.24) is 0 Å². The molecule has 1 atom stereocenters. The molecule has 0 heterocycles. The maximum Gasteiger partial charge on any atom is 0.0540 e. The van der Waals surface area contributed by atoms with Crippen LogP contribution in [-0.4, -0.2) is 40.8 Å². The first kappa shape index (κ1) is 23.2. The summed E-state index contributed by atoms with van der Waals surface area (Å²) >= 11 is 0. The van der Waals surface area contributed by atoms with Gasteiger partial charge in [0, 0.05) is 29.6 Å². The average molecular weight is 293 g/mol. The van der Waals surface area contributed by atoms with Crippen molar-refractivity contribution in [2.75, 3.05) is 0 Å². The topological polar surface area (TPSA) is 20.2 Å². The van der Waals surface area contributed by atoms with E-state index in [-0.39, 0.29) is 35.7 Å². The number of hydrogen-bond donors (Lipinski definition) is 1. The number of rotatable bonds is 15. The summed E-state index contributed by atoms with van der Waals surface area (Å²) in [6, 6.07) is 0. The molecule has 0 aromatic heterocycles. The van der Waals surface area contributed by atoms with E-state index in [1.165, 1.54) is 83.5 Å². The molecule has 0 spiro atoms. The molecule has 0 aromatic carbocycles. The van der Waals surface area contributed by atoms with Crippen LogP contribution in [0.3, 0.4) is 0 Å². The molecule has 0 aliphatic carbocycles.